The number of halogens is 1. The third-order valence-corrected chi connectivity index (χ3v) is 8.76. The molecule has 1 aliphatic heterocycles. The average Bonchev–Trinajstić information content (AvgIpc) is 2.73. The molecule has 0 atom stereocenters. The van der Waals surface area contributed by atoms with E-state index >= 15 is 0 Å². The van der Waals surface area contributed by atoms with Gasteiger partial charge >= 0.3 is 0 Å². The molecule has 7 nitrogen and oxygen atoms in total. The largest absolute Gasteiger partial charge is 0.278 e. The molecule has 1 amide bonds. The number of nitrogens with zero attached hydrogens (tertiary/aromatic N) is 1. The number of benzene rings is 2. The van der Waals surface area contributed by atoms with Crippen LogP contribution in [0.4, 0.5) is 11.4 Å². The fourth-order valence-electron chi connectivity index (χ4n) is 3.56. The lowest BCUT2D eigenvalue weighted by atomic mass is 9.95. The summed E-state index contributed by atoms with van der Waals surface area (Å²) in [6.07, 6.45) is 0. The molecular formula is C20H23ClN2O5S2. The summed E-state index contributed by atoms with van der Waals surface area (Å²) in [5.41, 5.74) is 1.23. The van der Waals surface area contributed by atoms with Gasteiger partial charge in [0.05, 0.1) is 32.5 Å². The van der Waals surface area contributed by atoms with E-state index in [1.165, 1.54) is 18.2 Å². The fraction of sp³-hybridized carbons (Fsp3) is 0.350. The van der Waals surface area contributed by atoms with Gasteiger partial charge in [-0.25, -0.2) is 21.1 Å². The number of nitrogens with one attached hydrogen (secondary N) is 1. The van der Waals surface area contributed by atoms with E-state index in [2.05, 4.69) is 4.72 Å². The molecule has 1 heterocycles. The molecule has 1 aliphatic rings. The Kier molecular flexibility index (Phi) is 5.46. The monoisotopic (exact) mass is 470 g/mol. The van der Waals surface area contributed by atoms with Crippen molar-refractivity contribution in [1.82, 2.24) is 0 Å². The molecule has 0 bridgehead atoms. The Bertz CT molecular complexity index is 1250. The van der Waals surface area contributed by atoms with Crippen LogP contribution < -0.4 is 9.03 Å². The number of aryl methyl sites for hydroxylation is 3. The van der Waals surface area contributed by atoms with E-state index in [4.69, 9.17) is 11.6 Å². The Labute approximate surface area is 182 Å². The van der Waals surface area contributed by atoms with Crippen molar-refractivity contribution in [3.8, 4) is 0 Å². The van der Waals surface area contributed by atoms with Crippen LogP contribution in [0.15, 0.2) is 35.2 Å². The smallest absolute Gasteiger partial charge is 0.262 e. The lowest BCUT2D eigenvalue weighted by molar-refractivity contribution is -0.123. The summed E-state index contributed by atoms with van der Waals surface area (Å²) in [4.78, 5) is 12.5. The van der Waals surface area contributed by atoms with Crippen LogP contribution in [-0.4, -0.2) is 28.5 Å². The van der Waals surface area contributed by atoms with Crippen molar-refractivity contribution in [1.29, 1.82) is 0 Å². The number of sulfonamides is 2. The number of hydrogen-bond donors (Lipinski definition) is 1. The average molecular weight is 471 g/mol. The summed E-state index contributed by atoms with van der Waals surface area (Å²) in [6, 6.07) is 7.47. The highest BCUT2D eigenvalue weighted by molar-refractivity contribution is 7.94. The quantitative estimate of drug-likeness (QED) is 0.733. The van der Waals surface area contributed by atoms with Gasteiger partial charge in [0.15, 0.2) is 0 Å². The number of rotatable bonds is 4. The van der Waals surface area contributed by atoms with Gasteiger partial charge in [0.25, 0.3) is 10.0 Å². The van der Waals surface area contributed by atoms with Gasteiger partial charge in [-0.1, -0.05) is 17.7 Å². The molecule has 162 valence electrons. The molecule has 0 aliphatic carbocycles. The number of hydrogen-bond acceptors (Lipinski definition) is 5. The van der Waals surface area contributed by atoms with Gasteiger partial charge in [-0.3, -0.25) is 9.52 Å². The van der Waals surface area contributed by atoms with E-state index in [-0.39, 0.29) is 27.0 Å². The zero-order valence-corrected chi connectivity index (χ0v) is 19.7. The van der Waals surface area contributed by atoms with E-state index in [0.717, 1.165) is 9.87 Å². The van der Waals surface area contributed by atoms with Gasteiger partial charge in [-0.05, 0) is 75.6 Å². The highest BCUT2D eigenvalue weighted by atomic mass is 35.5. The predicted molar refractivity (Wildman–Crippen MR) is 118 cm³/mol. The van der Waals surface area contributed by atoms with Gasteiger partial charge in [-0.2, -0.15) is 0 Å². The molecule has 30 heavy (non-hydrogen) atoms. The summed E-state index contributed by atoms with van der Waals surface area (Å²) in [5.74, 6) is -0.845. The first-order valence-electron chi connectivity index (χ1n) is 9.13. The summed E-state index contributed by atoms with van der Waals surface area (Å²) in [5, 5.41) is 0.279. The SMILES string of the molecule is Cc1cc(C)c(NS(=O)(=O)c2ccc(N3C(=O)C(C)(C)CS3(=O)=O)cc2C)c(Cl)c1. The minimum absolute atomic E-state index is 0.0365. The van der Waals surface area contributed by atoms with Crippen molar-refractivity contribution in [2.45, 2.75) is 39.5 Å². The van der Waals surface area contributed by atoms with Gasteiger partial charge in [0.2, 0.25) is 15.9 Å². The zero-order chi connectivity index (χ0) is 22.6. The third kappa shape index (κ3) is 3.93. The number of carbonyl (C=O) groups excluding carboxylic acids is 1. The van der Waals surface area contributed by atoms with Crippen molar-refractivity contribution in [3.05, 3.63) is 52.0 Å². The van der Waals surface area contributed by atoms with Crippen LogP contribution >= 0.6 is 11.6 Å². The maximum Gasteiger partial charge on any atom is 0.262 e. The normalized spacial score (nSPS) is 17.9. The summed E-state index contributed by atoms with van der Waals surface area (Å²) in [6.45, 7) is 8.28. The predicted octanol–water partition coefficient (Wildman–Crippen LogP) is 3.77. The van der Waals surface area contributed by atoms with Crippen LogP contribution in [0.1, 0.15) is 30.5 Å². The second-order valence-electron chi connectivity index (χ2n) is 8.20. The molecule has 0 spiro atoms. The Hall–Kier alpha value is -2.10. The Morgan fingerprint density at radius 2 is 1.70 bits per heavy atom. The molecule has 0 unspecified atom stereocenters. The maximum absolute atomic E-state index is 13.0. The lowest BCUT2D eigenvalue weighted by Crippen LogP contribution is -2.33. The number of carbonyl (C=O) groups is 1. The second kappa shape index (κ2) is 7.25. The molecule has 0 saturated carbocycles. The first-order chi connectivity index (χ1) is 13.7. The van der Waals surface area contributed by atoms with Crippen LogP contribution in [0.5, 0.6) is 0 Å². The molecule has 3 rings (SSSR count). The van der Waals surface area contributed by atoms with Crippen molar-refractivity contribution in [2.75, 3.05) is 14.8 Å². The minimum Gasteiger partial charge on any atom is -0.278 e. The Balaban J connectivity index is 2.01. The topological polar surface area (TPSA) is 101 Å². The first-order valence-corrected chi connectivity index (χ1v) is 12.6. The molecular weight excluding hydrogens is 448 g/mol. The van der Waals surface area contributed by atoms with E-state index in [0.29, 0.717) is 11.1 Å². The fourth-order valence-corrected chi connectivity index (χ4v) is 7.46. The van der Waals surface area contributed by atoms with E-state index in [1.54, 1.807) is 33.8 Å². The van der Waals surface area contributed by atoms with E-state index in [1.807, 2.05) is 13.0 Å². The van der Waals surface area contributed by atoms with Crippen molar-refractivity contribution in [2.24, 2.45) is 5.41 Å². The Morgan fingerprint density at radius 1 is 1.07 bits per heavy atom. The maximum atomic E-state index is 13.0. The Morgan fingerprint density at radius 3 is 2.20 bits per heavy atom. The summed E-state index contributed by atoms with van der Waals surface area (Å²) >= 11 is 6.22. The third-order valence-electron chi connectivity index (χ3n) is 4.94. The van der Waals surface area contributed by atoms with Gasteiger partial charge in [0.1, 0.15) is 0 Å². The second-order valence-corrected chi connectivity index (χ2v) is 12.1. The van der Waals surface area contributed by atoms with Crippen molar-refractivity contribution >= 4 is 48.9 Å². The summed E-state index contributed by atoms with van der Waals surface area (Å²) in [7, 11) is -7.82. The molecule has 0 aromatic heterocycles. The first kappa shape index (κ1) is 22.6. The van der Waals surface area contributed by atoms with Crippen molar-refractivity contribution < 1.29 is 21.6 Å². The standard InChI is InChI=1S/C20H23ClN2O5S2/c1-12-8-14(3)18(16(21)9-12)22-30(27,28)17-7-6-15(10-13(17)2)23-19(24)20(4,5)11-29(23,25)26/h6-10,22H,11H2,1-5H3. The molecule has 1 saturated heterocycles. The van der Waals surface area contributed by atoms with Crippen LogP contribution in [-0.2, 0) is 24.8 Å². The van der Waals surface area contributed by atoms with Crippen LogP contribution in [0.25, 0.3) is 0 Å². The molecule has 2 aromatic rings. The van der Waals surface area contributed by atoms with E-state index < -0.39 is 31.4 Å². The number of amides is 1. The molecule has 1 N–H and O–H groups in total. The van der Waals surface area contributed by atoms with Crippen LogP contribution in [0.3, 0.4) is 0 Å². The van der Waals surface area contributed by atoms with Crippen LogP contribution in [0.2, 0.25) is 5.02 Å². The van der Waals surface area contributed by atoms with Gasteiger partial charge in [-0.15, -0.1) is 0 Å². The molecule has 1 fully saturated rings. The van der Waals surface area contributed by atoms with E-state index in [9.17, 15) is 21.6 Å². The minimum atomic E-state index is -3.99. The zero-order valence-electron chi connectivity index (χ0n) is 17.3. The molecule has 10 heteroatoms. The molecule has 2 aromatic carbocycles. The molecule has 0 radical (unpaired) electrons. The summed E-state index contributed by atoms with van der Waals surface area (Å²) < 4.78 is 54.2. The van der Waals surface area contributed by atoms with Crippen LogP contribution in [0, 0.1) is 26.2 Å². The lowest BCUT2D eigenvalue weighted by Gasteiger charge is -2.19. The highest BCUT2D eigenvalue weighted by Crippen LogP contribution is 2.37. The highest BCUT2D eigenvalue weighted by Gasteiger charge is 2.50. The van der Waals surface area contributed by atoms with Gasteiger partial charge < -0.3 is 0 Å². The van der Waals surface area contributed by atoms with Crippen molar-refractivity contribution in [3.63, 3.8) is 0 Å². The van der Waals surface area contributed by atoms with Gasteiger partial charge in [0, 0.05) is 0 Å². The number of anilines is 2.